The molecule has 2 nitrogen and oxygen atoms in total. The van der Waals surface area contributed by atoms with Gasteiger partial charge in [0.05, 0.1) is 6.10 Å². The topological polar surface area (TPSA) is 21.3 Å². The Morgan fingerprint density at radius 2 is 2.31 bits per heavy atom. The summed E-state index contributed by atoms with van der Waals surface area (Å²) in [6.07, 6.45) is 10.1. The first kappa shape index (κ1) is 12.1. The Balaban J connectivity index is 1.81. The lowest BCUT2D eigenvalue weighted by atomic mass is 9.81. The summed E-state index contributed by atoms with van der Waals surface area (Å²) in [7, 11) is 0. The highest BCUT2D eigenvalue weighted by molar-refractivity contribution is 4.91. The zero-order valence-corrected chi connectivity index (χ0v) is 10.5. The molecule has 1 heterocycles. The maximum absolute atomic E-state index is 5.79. The second-order valence-corrected chi connectivity index (χ2v) is 5.33. The number of allylic oxidation sites excluding steroid dienone is 1. The SMILES string of the molecule is C=CCCC(C)NC1CCCC2OCCC12. The number of fused-ring (bicyclic) bond motifs is 1. The molecule has 1 N–H and O–H groups in total. The monoisotopic (exact) mass is 223 g/mol. The van der Waals surface area contributed by atoms with Crippen molar-refractivity contribution >= 4 is 0 Å². The second kappa shape index (κ2) is 5.83. The van der Waals surface area contributed by atoms with E-state index in [-0.39, 0.29) is 0 Å². The standard InChI is InChI=1S/C14H25NO/c1-3-4-6-11(2)15-13-7-5-8-14-12(13)9-10-16-14/h3,11-15H,1,4-10H2,2H3. The van der Waals surface area contributed by atoms with Gasteiger partial charge in [-0.15, -0.1) is 6.58 Å². The average Bonchev–Trinajstić information content (AvgIpc) is 2.75. The van der Waals surface area contributed by atoms with Gasteiger partial charge in [-0.3, -0.25) is 0 Å². The maximum Gasteiger partial charge on any atom is 0.0619 e. The lowest BCUT2D eigenvalue weighted by Gasteiger charge is -2.35. The van der Waals surface area contributed by atoms with E-state index in [0.717, 1.165) is 18.9 Å². The second-order valence-electron chi connectivity index (χ2n) is 5.33. The fourth-order valence-corrected chi connectivity index (χ4v) is 3.20. The van der Waals surface area contributed by atoms with E-state index in [1.54, 1.807) is 0 Å². The zero-order chi connectivity index (χ0) is 11.4. The maximum atomic E-state index is 5.79. The summed E-state index contributed by atoms with van der Waals surface area (Å²) in [6.45, 7) is 7.06. The fourth-order valence-electron chi connectivity index (χ4n) is 3.20. The van der Waals surface area contributed by atoms with Crippen LogP contribution in [0, 0.1) is 5.92 Å². The third-order valence-corrected chi connectivity index (χ3v) is 4.08. The molecule has 1 saturated carbocycles. The normalized spacial score (nSPS) is 35.7. The molecular weight excluding hydrogens is 198 g/mol. The van der Waals surface area contributed by atoms with Crippen LogP contribution in [0.15, 0.2) is 12.7 Å². The molecule has 1 aliphatic heterocycles. The van der Waals surface area contributed by atoms with E-state index >= 15 is 0 Å². The van der Waals surface area contributed by atoms with Crippen molar-refractivity contribution in [1.82, 2.24) is 5.32 Å². The molecule has 0 aromatic rings. The molecule has 1 saturated heterocycles. The van der Waals surface area contributed by atoms with Crippen molar-refractivity contribution < 1.29 is 4.74 Å². The first-order chi connectivity index (χ1) is 7.81. The molecule has 0 bridgehead atoms. The predicted molar refractivity (Wildman–Crippen MR) is 67.5 cm³/mol. The number of hydrogen-bond donors (Lipinski definition) is 1. The Morgan fingerprint density at radius 1 is 1.44 bits per heavy atom. The number of ether oxygens (including phenoxy) is 1. The Bertz CT molecular complexity index is 229. The minimum Gasteiger partial charge on any atom is -0.378 e. The highest BCUT2D eigenvalue weighted by atomic mass is 16.5. The van der Waals surface area contributed by atoms with Crippen LogP contribution in [-0.4, -0.2) is 24.8 Å². The molecule has 0 amide bonds. The largest absolute Gasteiger partial charge is 0.378 e. The van der Waals surface area contributed by atoms with Gasteiger partial charge in [0.2, 0.25) is 0 Å². The van der Waals surface area contributed by atoms with E-state index in [1.165, 1.54) is 32.1 Å². The van der Waals surface area contributed by atoms with Gasteiger partial charge in [0.1, 0.15) is 0 Å². The lowest BCUT2D eigenvalue weighted by molar-refractivity contribution is 0.0513. The number of nitrogens with one attached hydrogen (secondary N) is 1. The van der Waals surface area contributed by atoms with Crippen LogP contribution in [0.3, 0.4) is 0 Å². The van der Waals surface area contributed by atoms with Crippen LogP contribution in [0.5, 0.6) is 0 Å². The highest BCUT2D eigenvalue weighted by Gasteiger charge is 2.37. The van der Waals surface area contributed by atoms with Gasteiger partial charge in [-0.25, -0.2) is 0 Å². The summed E-state index contributed by atoms with van der Waals surface area (Å²) in [5, 5.41) is 3.80. The van der Waals surface area contributed by atoms with Crippen LogP contribution in [0.1, 0.15) is 45.4 Å². The van der Waals surface area contributed by atoms with Crippen molar-refractivity contribution in [2.24, 2.45) is 5.92 Å². The van der Waals surface area contributed by atoms with Gasteiger partial charge in [0, 0.05) is 24.6 Å². The molecule has 16 heavy (non-hydrogen) atoms. The molecule has 1 aliphatic carbocycles. The van der Waals surface area contributed by atoms with Crippen LogP contribution in [0.4, 0.5) is 0 Å². The van der Waals surface area contributed by atoms with E-state index in [2.05, 4.69) is 18.8 Å². The quantitative estimate of drug-likeness (QED) is 0.724. The molecule has 0 spiro atoms. The van der Waals surface area contributed by atoms with Gasteiger partial charge < -0.3 is 10.1 Å². The van der Waals surface area contributed by atoms with Gasteiger partial charge in [-0.1, -0.05) is 6.08 Å². The first-order valence-corrected chi connectivity index (χ1v) is 6.80. The minimum atomic E-state index is 0.554. The summed E-state index contributed by atoms with van der Waals surface area (Å²) in [5.74, 6) is 0.778. The van der Waals surface area contributed by atoms with Gasteiger partial charge in [0.15, 0.2) is 0 Å². The van der Waals surface area contributed by atoms with Crippen LogP contribution in [-0.2, 0) is 4.74 Å². The van der Waals surface area contributed by atoms with E-state index < -0.39 is 0 Å². The van der Waals surface area contributed by atoms with Crippen molar-refractivity contribution in [3.05, 3.63) is 12.7 Å². The van der Waals surface area contributed by atoms with Crippen LogP contribution in [0.2, 0.25) is 0 Å². The summed E-state index contributed by atoms with van der Waals surface area (Å²) in [6, 6.07) is 1.31. The van der Waals surface area contributed by atoms with Gasteiger partial charge >= 0.3 is 0 Å². The number of rotatable bonds is 5. The van der Waals surface area contributed by atoms with E-state index in [1.807, 2.05) is 6.08 Å². The van der Waals surface area contributed by atoms with Crippen molar-refractivity contribution in [1.29, 1.82) is 0 Å². The molecule has 2 rings (SSSR count). The smallest absolute Gasteiger partial charge is 0.0619 e. The molecule has 2 aliphatic rings. The van der Waals surface area contributed by atoms with Crippen molar-refractivity contribution in [3.63, 3.8) is 0 Å². The fraction of sp³-hybridized carbons (Fsp3) is 0.857. The van der Waals surface area contributed by atoms with Crippen LogP contribution in [0.25, 0.3) is 0 Å². The van der Waals surface area contributed by atoms with E-state index in [0.29, 0.717) is 18.2 Å². The molecule has 0 aromatic heterocycles. The molecule has 2 heteroatoms. The molecule has 0 aromatic carbocycles. The van der Waals surface area contributed by atoms with Crippen LogP contribution < -0.4 is 5.32 Å². The summed E-state index contributed by atoms with van der Waals surface area (Å²) >= 11 is 0. The lowest BCUT2D eigenvalue weighted by Crippen LogP contribution is -2.46. The zero-order valence-electron chi connectivity index (χ0n) is 10.5. The molecule has 0 radical (unpaired) electrons. The average molecular weight is 223 g/mol. The summed E-state index contributed by atoms with van der Waals surface area (Å²) in [4.78, 5) is 0. The van der Waals surface area contributed by atoms with E-state index in [9.17, 15) is 0 Å². The summed E-state index contributed by atoms with van der Waals surface area (Å²) in [5.41, 5.74) is 0. The van der Waals surface area contributed by atoms with Gasteiger partial charge in [0.25, 0.3) is 0 Å². The third-order valence-electron chi connectivity index (χ3n) is 4.08. The van der Waals surface area contributed by atoms with Crippen molar-refractivity contribution in [3.8, 4) is 0 Å². The number of hydrogen-bond acceptors (Lipinski definition) is 2. The third kappa shape index (κ3) is 2.86. The first-order valence-electron chi connectivity index (χ1n) is 6.80. The summed E-state index contributed by atoms with van der Waals surface area (Å²) < 4.78 is 5.79. The Hall–Kier alpha value is -0.340. The molecule has 92 valence electrons. The highest BCUT2D eigenvalue weighted by Crippen LogP contribution is 2.34. The predicted octanol–water partition coefficient (Wildman–Crippen LogP) is 2.89. The molecular formula is C14H25NO. The molecule has 2 fully saturated rings. The minimum absolute atomic E-state index is 0.554. The molecule has 4 unspecified atom stereocenters. The van der Waals surface area contributed by atoms with Crippen molar-refractivity contribution in [2.75, 3.05) is 6.61 Å². The van der Waals surface area contributed by atoms with Crippen molar-refractivity contribution in [2.45, 2.75) is 63.6 Å². The van der Waals surface area contributed by atoms with Gasteiger partial charge in [-0.05, 0) is 45.4 Å². The Labute approximate surface area is 99.4 Å². The Kier molecular flexibility index (Phi) is 4.42. The Morgan fingerprint density at radius 3 is 3.12 bits per heavy atom. The molecule has 4 atom stereocenters. The van der Waals surface area contributed by atoms with Crippen LogP contribution >= 0.6 is 0 Å². The van der Waals surface area contributed by atoms with E-state index in [4.69, 9.17) is 4.74 Å². The van der Waals surface area contributed by atoms with Gasteiger partial charge in [-0.2, -0.15) is 0 Å².